The van der Waals surface area contributed by atoms with Gasteiger partial charge in [0, 0.05) is 23.6 Å². The number of hydrogen-bond donors (Lipinski definition) is 2. The monoisotopic (exact) mass is 442 g/mol. The average Bonchev–Trinajstić information content (AvgIpc) is 3.19. The second-order valence-corrected chi connectivity index (χ2v) is 7.04. The van der Waals surface area contributed by atoms with Crippen LogP contribution in [-0.4, -0.2) is 50.3 Å². The van der Waals surface area contributed by atoms with Crippen molar-refractivity contribution in [2.75, 3.05) is 28.4 Å². The third-order valence-corrected chi connectivity index (χ3v) is 5.39. The van der Waals surface area contributed by atoms with Gasteiger partial charge in [-0.05, 0) is 30.3 Å². The molecular weight excluding hydrogens is 420 g/mol. The highest BCUT2D eigenvalue weighted by molar-refractivity contribution is 7.07. The Kier molecular flexibility index (Phi) is 6.61. The molecule has 0 bridgehead atoms. The van der Waals surface area contributed by atoms with Crippen LogP contribution in [0.4, 0.5) is 0 Å². The molecule has 0 aliphatic rings. The highest BCUT2D eigenvalue weighted by atomic mass is 32.1. The van der Waals surface area contributed by atoms with Crippen LogP contribution in [-0.2, 0) is 0 Å². The second kappa shape index (κ2) is 9.35. The summed E-state index contributed by atoms with van der Waals surface area (Å²) < 4.78 is 17.9. The number of rotatable bonds is 7. The van der Waals surface area contributed by atoms with E-state index >= 15 is 0 Å². The molecule has 1 heterocycles. The van der Waals surface area contributed by atoms with Gasteiger partial charge in [-0.2, -0.15) is 5.10 Å². The molecule has 2 aromatic carbocycles. The third kappa shape index (κ3) is 4.24. The SMILES string of the molecule is CN=c1scc(-c2ccc(O)c(C(N)=O)c2)n1/N=C\c1ccc(OC)c(OC)c1OC. The molecule has 0 aliphatic heterocycles. The molecular formula is C21H22N4O5S. The lowest BCUT2D eigenvalue weighted by atomic mass is 10.1. The van der Waals surface area contributed by atoms with Crippen molar-refractivity contribution in [1.29, 1.82) is 0 Å². The van der Waals surface area contributed by atoms with Crippen molar-refractivity contribution in [2.45, 2.75) is 0 Å². The van der Waals surface area contributed by atoms with E-state index in [1.807, 2.05) is 5.38 Å². The number of thiazole rings is 1. The van der Waals surface area contributed by atoms with Crippen LogP contribution in [0, 0.1) is 0 Å². The molecule has 1 amide bonds. The van der Waals surface area contributed by atoms with Gasteiger partial charge in [-0.15, -0.1) is 11.3 Å². The number of aromatic hydroxyl groups is 1. The predicted octanol–water partition coefficient (Wildman–Crippen LogP) is 2.46. The zero-order chi connectivity index (χ0) is 22.5. The van der Waals surface area contributed by atoms with Gasteiger partial charge in [0.1, 0.15) is 5.75 Å². The van der Waals surface area contributed by atoms with Crippen LogP contribution in [0.1, 0.15) is 15.9 Å². The number of amides is 1. The highest BCUT2D eigenvalue weighted by Crippen LogP contribution is 2.39. The summed E-state index contributed by atoms with van der Waals surface area (Å²) in [5.41, 5.74) is 7.37. The largest absolute Gasteiger partial charge is 0.507 e. The first-order valence-corrected chi connectivity index (χ1v) is 9.93. The first-order valence-electron chi connectivity index (χ1n) is 9.05. The van der Waals surface area contributed by atoms with Crippen molar-refractivity contribution in [3.05, 3.63) is 51.6 Å². The van der Waals surface area contributed by atoms with E-state index in [1.165, 1.54) is 37.7 Å². The number of phenols is 1. The molecule has 0 saturated heterocycles. The number of primary amides is 1. The number of methoxy groups -OCH3 is 3. The molecule has 1 aromatic heterocycles. The van der Waals surface area contributed by atoms with Crippen LogP contribution >= 0.6 is 11.3 Å². The van der Waals surface area contributed by atoms with Gasteiger partial charge in [0.15, 0.2) is 11.5 Å². The zero-order valence-electron chi connectivity index (χ0n) is 17.4. The Hall–Kier alpha value is -3.79. The van der Waals surface area contributed by atoms with E-state index < -0.39 is 5.91 Å². The number of benzene rings is 2. The van der Waals surface area contributed by atoms with Crippen molar-refractivity contribution in [2.24, 2.45) is 15.8 Å². The molecule has 3 N–H and O–H groups in total. The number of aromatic nitrogens is 1. The van der Waals surface area contributed by atoms with Gasteiger partial charge in [0.2, 0.25) is 10.6 Å². The van der Waals surface area contributed by atoms with Crippen LogP contribution in [0.5, 0.6) is 23.0 Å². The zero-order valence-corrected chi connectivity index (χ0v) is 18.3. The lowest BCUT2D eigenvalue weighted by Crippen LogP contribution is -2.13. The Labute approximate surface area is 182 Å². The van der Waals surface area contributed by atoms with Gasteiger partial charge >= 0.3 is 0 Å². The Morgan fingerprint density at radius 1 is 1.13 bits per heavy atom. The van der Waals surface area contributed by atoms with Crippen molar-refractivity contribution >= 4 is 23.5 Å². The lowest BCUT2D eigenvalue weighted by molar-refractivity contribution is 0.0998. The van der Waals surface area contributed by atoms with E-state index in [-0.39, 0.29) is 11.3 Å². The molecule has 31 heavy (non-hydrogen) atoms. The summed E-state index contributed by atoms with van der Waals surface area (Å²) in [4.78, 5) is 16.5. The Morgan fingerprint density at radius 3 is 2.48 bits per heavy atom. The van der Waals surface area contributed by atoms with E-state index in [1.54, 1.807) is 43.2 Å². The minimum atomic E-state index is -0.722. The van der Waals surface area contributed by atoms with Crippen molar-refractivity contribution in [3.63, 3.8) is 0 Å². The molecule has 10 heteroatoms. The van der Waals surface area contributed by atoms with Gasteiger partial charge in [-0.3, -0.25) is 9.79 Å². The van der Waals surface area contributed by atoms with E-state index in [0.29, 0.717) is 38.9 Å². The molecule has 9 nitrogen and oxygen atoms in total. The van der Waals surface area contributed by atoms with Gasteiger partial charge in [-0.25, -0.2) is 4.68 Å². The summed E-state index contributed by atoms with van der Waals surface area (Å²) in [5.74, 6) is 0.554. The lowest BCUT2D eigenvalue weighted by Gasteiger charge is -2.13. The predicted molar refractivity (Wildman–Crippen MR) is 119 cm³/mol. The first-order chi connectivity index (χ1) is 14.9. The van der Waals surface area contributed by atoms with Crippen LogP contribution in [0.25, 0.3) is 11.3 Å². The summed E-state index contributed by atoms with van der Waals surface area (Å²) >= 11 is 1.38. The van der Waals surface area contributed by atoms with Crippen LogP contribution in [0.2, 0.25) is 0 Å². The number of carbonyl (C=O) groups is 1. The number of hydrogen-bond acceptors (Lipinski definition) is 8. The number of nitrogens with zero attached hydrogens (tertiary/aromatic N) is 3. The maximum atomic E-state index is 11.6. The summed E-state index contributed by atoms with van der Waals surface area (Å²) in [6.45, 7) is 0. The second-order valence-electron chi connectivity index (χ2n) is 6.20. The smallest absolute Gasteiger partial charge is 0.252 e. The standard InChI is InChI=1S/C21H22N4O5S/c1-23-21-25(15(11-31-21)12-5-7-16(26)14(9-12)20(22)27)24-10-13-6-8-17(28-2)19(30-4)18(13)29-3/h5-11,26H,1-4H3,(H2,22,27)/b23-21?,24-10-. The number of carbonyl (C=O) groups excluding carboxylic acids is 1. The summed E-state index contributed by atoms with van der Waals surface area (Å²) in [6.07, 6.45) is 1.61. The minimum Gasteiger partial charge on any atom is -0.507 e. The van der Waals surface area contributed by atoms with Crippen LogP contribution in [0.15, 0.2) is 45.8 Å². The van der Waals surface area contributed by atoms with Crippen molar-refractivity contribution < 1.29 is 24.1 Å². The summed E-state index contributed by atoms with van der Waals surface area (Å²) in [7, 11) is 6.27. The maximum absolute atomic E-state index is 11.6. The highest BCUT2D eigenvalue weighted by Gasteiger charge is 2.16. The van der Waals surface area contributed by atoms with Crippen LogP contribution in [0.3, 0.4) is 0 Å². The van der Waals surface area contributed by atoms with Crippen molar-refractivity contribution in [1.82, 2.24) is 4.68 Å². The van der Waals surface area contributed by atoms with E-state index in [2.05, 4.69) is 10.1 Å². The molecule has 3 rings (SSSR count). The molecule has 0 fully saturated rings. The van der Waals surface area contributed by atoms with Crippen molar-refractivity contribution in [3.8, 4) is 34.3 Å². The fraction of sp³-hybridized carbons (Fsp3) is 0.190. The van der Waals surface area contributed by atoms with Gasteiger partial charge < -0.3 is 25.1 Å². The fourth-order valence-corrected chi connectivity index (χ4v) is 3.80. The summed E-state index contributed by atoms with van der Waals surface area (Å²) in [6, 6.07) is 8.16. The van der Waals surface area contributed by atoms with Gasteiger partial charge in [0.05, 0.1) is 38.8 Å². The topological polar surface area (TPSA) is 121 Å². The van der Waals surface area contributed by atoms with Crippen LogP contribution < -0.4 is 24.7 Å². The normalized spacial score (nSPS) is 11.7. The molecule has 3 aromatic rings. The molecule has 0 atom stereocenters. The third-order valence-electron chi connectivity index (χ3n) is 4.48. The quantitative estimate of drug-likeness (QED) is 0.545. The van der Waals surface area contributed by atoms with E-state index in [4.69, 9.17) is 19.9 Å². The van der Waals surface area contributed by atoms with Gasteiger partial charge in [0.25, 0.3) is 5.91 Å². The first kappa shape index (κ1) is 21.9. The molecule has 162 valence electrons. The number of ether oxygens (including phenoxy) is 3. The van der Waals surface area contributed by atoms with E-state index in [0.717, 1.165) is 0 Å². The molecule has 0 radical (unpaired) electrons. The molecule has 0 spiro atoms. The maximum Gasteiger partial charge on any atom is 0.252 e. The number of nitrogens with two attached hydrogens (primary N) is 1. The Bertz CT molecular complexity index is 1210. The van der Waals surface area contributed by atoms with Gasteiger partial charge in [-0.1, -0.05) is 0 Å². The fourth-order valence-electron chi connectivity index (χ4n) is 3.00. The Morgan fingerprint density at radius 2 is 1.87 bits per heavy atom. The Balaban J connectivity index is 2.12. The molecule has 0 unspecified atom stereocenters. The average molecular weight is 442 g/mol. The minimum absolute atomic E-state index is 0.0239. The van der Waals surface area contributed by atoms with E-state index in [9.17, 15) is 9.90 Å². The summed E-state index contributed by atoms with van der Waals surface area (Å²) in [5, 5.41) is 16.3. The molecule has 0 saturated carbocycles. The molecule has 0 aliphatic carbocycles.